The Labute approximate surface area is 234 Å². The fourth-order valence-corrected chi connectivity index (χ4v) is 4.52. The molecule has 3 aromatic carbocycles. The van der Waals surface area contributed by atoms with E-state index in [4.69, 9.17) is 4.74 Å². The summed E-state index contributed by atoms with van der Waals surface area (Å²) < 4.78 is 6.66. The molecular formula is C31H25BrN4O3. The lowest BCUT2D eigenvalue weighted by molar-refractivity contribution is 0.0952. The molecule has 2 aromatic heterocycles. The van der Waals surface area contributed by atoms with Crippen molar-refractivity contribution < 1.29 is 14.3 Å². The number of ether oxygens (including phenoxy) is 1. The van der Waals surface area contributed by atoms with Crippen LogP contribution in [0.15, 0.2) is 108 Å². The lowest BCUT2D eigenvalue weighted by atomic mass is 10.1. The molecule has 0 fully saturated rings. The van der Waals surface area contributed by atoms with Crippen LogP contribution in [0.5, 0.6) is 5.75 Å². The molecule has 0 radical (unpaired) electrons. The van der Waals surface area contributed by atoms with Gasteiger partial charge in [-0.2, -0.15) is 0 Å². The van der Waals surface area contributed by atoms with E-state index in [1.54, 1.807) is 42.6 Å². The molecule has 7 nitrogen and oxygen atoms in total. The summed E-state index contributed by atoms with van der Waals surface area (Å²) in [5.41, 5.74) is 4.26. The Bertz CT molecular complexity index is 1630. The molecule has 0 aliphatic heterocycles. The van der Waals surface area contributed by atoms with Gasteiger partial charge in [-0.15, -0.1) is 0 Å². The maximum atomic E-state index is 12.7. The quantitative estimate of drug-likeness (QED) is 0.216. The van der Waals surface area contributed by atoms with Crippen molar-refractivity contribution in [3.05, 3.63) is 130 Å². The number of benzene rings is 3. The molecule has 194 valence electrons. The largest absolute Gasteiger partial charge is 0.487 e. The first-order chi connectivity index (χ1) is 19.0. The number of nitrogens with zero attached hydrogens (tertiary/aromatic N) is 2. The van der Waals surface area contributed by atoms with Gasteiger partial charge < -0.3 is 15.4 Å². The van der Waals surface area contributed by atoms with E-state index in [1.165, 1.54) is 0 Å². The first-order valence-electron chi connectivity index (χ1n) is 12.4. The molecule has 2 N–H and O–H groups in total. The van der Waals surface area contributed by atoms with E-state index in [2.05, 4.69) is 36.5 Å². The van der Waals surface area contributed by atoms with E-state index in [0.29, 0.717) is 42.3 Å². The van der Waals surface area contributed by atoms with Gasteiger partial charge in [0.15, 0.2) is 0 Å². The van der Waals surface area contributed by atoms with Crippen LogP contribution in [0, 0.1) is 0 Å². The van der Waals surface area contributed by atoms with Crippen molar-refractivity contribution in [2.24, 2.45) is 0 Å². The monoisotopic (exact) mass is 580 g/mol. The molecule has 8 heteroatoms. The van der Waals surface area contributed by atoms with Crippen molar-refractivity contribution in [2.75, 3.05) is 11.9 Å². The molecule has 5 rings (SSSR count). The van der Waals surface area contributed by atoms with Crippen molar-refractivity contribution in [2.45, 2.75) is 13.0 Å². The topological polar surface area (TPSA) is 93.2 Å². The second-order valence-electron chi connectivity index (χ2n) is 8.80. The Balaban J connectivity index is 1.12. The van der Waals surface area contributed by atoms with Crippen molar-refractivity contribution in [3.8, 4) is 5.75 Å². The number of amides is 2. The molecule has 0 bridgehead atoms. The van der Waals surface area contributed by atoms with Crippen LogP contribution in [-0.4, -0.2) is 28.3 Å². The molecule has 2 heterocycles. The van der Waals surface area contributed by atoms with Crippen molar-refractivity contribution >= 4 is 44.3 Å². The molecule has 0 aliphatic carbocycles. The summed E-state index contributed by atoms with van der Waals surface area (Å²) in [6, 6.07) is 29.9. The van der Waals surface area contributed by atoms with Crippen molar-refractivity contribution in [3.63, 3.8) is 0 Å². The minimum absolute atomic E-state index is 0.178. The highest BCUT2D eigenvalue weighted by molar-refractivity contribution is 9.10. The van der Waals surface area contributed by atoms with Gasteiger partial charge in [0.2, 0.25) is 0 Å². The number of para-hydroxylation sites is 1. The van der Waals surface area contributed by atoms with Gasteiger partial charge in [0.25, 0.3) is 11.8 Å². The predicted octanol–water partition coefficient (Wildman–Crippen LogP) is 6.20. The molecule has 5 aromatic rings. The van der Waals surface area contributed by atoms with Gasteiger partial charge in [-0.05, 0) is 82.5 Å². The zero-order valence-corrected chi connectivity index (χ0v) is 22.5. The van der Waals surface area contributed by atoms with Crippen LogP contribution in [0.1, 0.15) is 32.1 Å². The summed E-state index contributed by atoms with van der Waals surface area (Å²) in [6.07, 6.45) is 2.21. The van der Waals surface area contributed by atoms with E-state index in [1.807, 2.05) is 60.7 Å². The number of hydrogen-bond donors (Lipinski definition) is 2. The van der Waals surface area contributed by atoms with Crippen molar-refractivity contribution in [1.82, 2.24) is 15.3 Å². The minimum Gasteiger partial charge on any atom is -0.487 e. The summed E-state index contributed by atoms with van der Waals surface area (Å²) in [7, 11) is 0. The number of halogens is 1. The molecule has 0 atom stereocenters. The van der Waals surface area contributed by atoms with Crippen LogP contribution in [0.3, 0.4) is 0 Å². The van der Waals surface area contributed by atoms with Crippen LogP contribution in [-0.2, 0) is 13.0 Å². The summed E-state index contributed by atoms with van der Waals surface area (Å²) >= 11 is 3.52. The Hall–Kier alpha value is -4.56. The van der Waals surface area contributed by atoms with Gasteiger partial charge in [0.1, 0.15) is 18.1 Å². The SMILES string of the molecule is O=C(NCCc1ccc(NC(=O)c2ccccn2)c(Br)c1)c1cccc(OCc2ccc3ccccc3n2)c1. The van der Waals surface area contributed by atoms with Crippen LogP contribution in [0.25, 0.3) is 10.9 Å². The lowest BCUT2D eigenvalue weighted by Crippen LogP contribution is -2.25. The number of fused-ring (bicyclic) bond motifs is 1. The summed E-state index contributed by atoms with van der Waals surface area (Å²) in [6.45, 7) is 0.764. The van der Waals surface area contributed by atoms with Crippen LogP contribution in [0.2, 0.25) is 0 Å². The molecule has 0 spiro atoms. The first kappa shape index (κ1) is 26.1. The highest BCUT2D eigenvalue weighted by Gasteiger charge is 2.11. The fraction of sp³-hybridized carbons (Fsp3) is 0.0968. The van der Waals surface area contributed by atoms with Gasteiger partial charge >= 0.3 is 0 Å². The number of nitrogens with one attached hydrogen (secondary N) is 2. The number of carbonyl (C=O) groups excluding carboxylic acids is 2. The Morgan fingerprint density at radius 3 is 2.56 bits per heavy atom. The maximum Gasteiger partial charge on any atom is 0.274 e. The van der Waals surface area contributed by atoms with Gasteiger partial charge in [0, 0.05) is 28.2 Å². The maximum absolute atomic E-state index is 12.7. The second kappa shape index (κ2) is 12.3. The second-order valence-corrected chi connectivity index (χ2v) is 9.66. The highest BCUT2D eigenvalue weighted by Crippen LogP contribution is 2.24. The normalized spacial score (nSPS) is 10.7. The van der Waals surface area contributed by atoms with Gasteiger partial charge in [0.05, 0.1) is 16.9 Å². The van der Waals surface area contributed by atoms with Crippen LogP contribution < -0.4 is 15.4 Å². The number of anilines is 1. The molecule has 0 unspecified atom stereocenters. The van der Waals surface area contributed by atoms with Gasteiger partial charge in [-0.3, -0.25) is 14.6 Å². The number of hydrogen-bond acceptors (Lipinski definition) is 5. The van der Waals surface area contributed by atoms with Crippen molar-refractivity contribution in [1.29, 1.82) is 0 Å². The molecular weight excluding hydrogens is 556 g/mol. The third-order valence-corrected chi connectivity index (χ3v) is 6.67. The molecule has 39 heavy (non-hydrogen) atoms. The zero-order valence-electron chi connectivity index (χ0n) is 20.9. The van der Waals surface area contributed by atoms with E-state index in [9.17, 15) is 9.59 Å². The van der Waals surface area contributed by atoms with E-state index in [-0.39, 0.29) is 11.8 Å². The van der Waals surface area contributed by atoms with Gasteiger partial charge in [-0.25, -0.2) is 4.98 Å². The molecule has 0 saturated heterocycles. The van der Waals surface area contributed by atoms with E-state index >= 15 is 0 Å². The van der Waals surface area contributed by atoms with E-state index in [0.717, 1.165) is 26.6 Å². The Morgan fingerprint density at radius 2 is 1.72 bits per heavy atom. The highest BCUT2D eigenvalue weighted by atomic mass is 79.9. The minimum atomic E-state index is -0.281. The molecule has 0 saturated carbocycles. The number of carbonyl (C=O) groups is 2. The van der Waals surface area contributed by atoms with Gasteiger partial charge in [-0.1, -0.05) is 42.5 Å². The lowest BCUT2D eigenvalue weighted by Gasteiger charge is -2.11. The first-order valence-corrected chi connectivity index (χ1v) is 13.2. The number of pyridine rings is 2. The third kappa shape index (κ3) is 6.86. The number of aromatic nitrogens is 2. The van der Waals surface area contributed by atoms with E-state index < -0.39 is 0 Å². The summed E-state index contributed by atoms with van der Waals surface area (Å²) in [4.78, 5) is 33.8. The average Bonchev–Trinajstić information content (AvgIpc) is 2.98. The Morgan fingerprint density at radius 1 is 0.846 bits per heavy atom. The zero-order chi connectivity index (χ0) is 27.0. The van der Waals surface area contributed by atoms with Crippen LogP contribution in [0.4, 0.5) is 5.69 Å². The molecule has 0 aliphatic rings. The predicted molar refractivity (Wildman–Crippen MR) is 155 cm³/mol. The smallest absolute Gasteiger partial charge is 0.274 e. The summed E-state index contributed by atoms with van der Waals surface area (Å²) in [5, 5.41) is 6.88. The fourth-order valence-electron chi connectivity index (χ4n) is 3.99. The molecule has 2 amide bonds. The van der Waals surface area contributed by atoms with Crippen LogP contribution >= 0.6 is 15.9 Å². The standard InChI is InChI=1S/C31H25BrN4O3/c32-26-18-21(11-14-28(26)36-31(38)29-10-3-4-16-33-29)15-17-34-30(37)23-7-5-8-25(19-23)39-20-24-13-12-22-6-1-2-9-27(22)35-24/h1-14,16,18-19H,15,17,20H2,(H,34,37)(H,36,38). The Kier molecular flexibility index (Phi) is 8.23. The average molecular weight is 581 g/mol. The third-order valence-electron chi connectivity index (χ3n) is 6.02. The summed E-state index contributed by atoms with van der Waals surface area (Å²) in [5.74, 6) is 0.142. The number of rotatable bonds is 9.